The summed E-state index contributed by atoms with van der Waals surface area (Å²) in [5.41, 5.74) is 1.00. The number of aryl methyl sites for hydroxylation is 1. The summed E-state index contributed by atoms with van der Waals surface area (Å²) in [7, 11) is 0. The van der Waals surface area contributed by atoms with Gasteiger partial charge in [-0.1, -0.05) is 20.8 Å². The van der Waals surface area contributed by atoms with E-state index in [0.29, 0.717) is 5.13 Å². The summed E-state index contributed by atoms with van der Waals surface area (Å²) in [6.07, 6.45) is 2.13. The molecule has 1 N–H and O–H groups in total. The van der Waals surface area contributed by atoms with Gasteiger partial charge in [0.1, 0.15) is 0 Å². The van der Waals surface area contributed by atoms with Crippen LogP contribution in [0.1, 0.15) is 47.4 Å². The van der Waals surface area contributed by atoms with Gasteiger partial charge in [-0.15, -0.1) is 22.7 Å². The molecule has 142 valence electrons. The van der Waals surface area contributed by atoms with Crippen LogP contribution in [0.15, 0.2) is 17.5 Å². The average Bonchev–Trinajstić information content (AvgIpc) is 3.25. The van der Waals surface area contributed by atoms with Gasteiger partial charge in [-0.2, -0.15) is 0 Å². The Morgan fingerprint density at radius 2 is 2.08 bits per heavy atom. The third-order valence-corrected chi connectivity index (χ3v) is 6.28. The van der Waals surface area contributed by atoms with E-state index in [0.717, 1.165) is 56.3 Å². The summed E-state index contributed by atoms with van der Waals surface area (Å²) in [6.45, 7) is 11.2. The smallest absolute Gasteiger partial charge is 0.267 e. The molecule has 0 aliphatic carbocycles. The summed E-state index contributed by atoms with van der Waals surface area (Å²) in [5, 5.41) is 5.61. The van der Waals surface area contributed by atoms with Crippen molar-refractivity contribution in [1.82, 2.24) is 9.88 Å². The van der Waals surface area contributed by atoms with Gasteiger partial charge in [0.05, 0.1) is 23.8 Å². The monoisotopic (exact) mass is 393 g/mol. The van der Waals surface area contributed by atoms with Gasteiger partial charge in [0.2, 0.25) is 0 Å². The standard InChI is InChI=1S/C19H27N3O2S2/c1-19(2,3)16-13-25-18(20-16)21-17(23)15-7-6-14(26-15)5-4-8-22-9-11-24-12-10-22/h6-7,13H,4-5,8-12H2,1-3H3,(H,20,21,23). The SMILES string of the molecule is CC(C)(C)c1csc(NC(=O)c2ccc(CCCN3CCOCC3)s2)n1. The van der Waals surface area contributed by atoms with Crippen molar-refractivity contribution in [1.29, 1.82) is 0 Å². The van der Waals surface area contributed by atoms with E-state index in [2.05, 4.69) is 42.0 Å². The molecule has 5 nitrogen and oxygen atoms in total. The first kappa shape index (κ1) is 19.5. The van der Waals surface area contributed by atoms with E-state index in [1.54, 1.807) is 11.3 Å². The first-order valence-electron chi connectivity index (χ1n) is 9.08. The summed E-state index contributed by atoms with van der Waals surface area (Å²) < 4.78 is 5.37. The highest BCUT2D eigenvalue weighted by atomic mass is 32.1. The summed E-state index contributed by atoms with van der Waals surface area (Å²) in [5.74, 6) is -0.0655. The van der Waals surface area contributed by atoms with E-state index >= 15 is 0 Å². The number of ether oxygens (including phenoxy) is 1. The molecule has 0 aromatic carbocycles. The molecule has 0 unspecified atom stereocenters. The minimum atomic E-state index is -0.0655. The van der Waals surface area contributed by atoms with Crippen LogP contribution in [0.5, 0.6) is 0 Å². The van der Waals surface area contributed by atoms with Gasteiger partial charge < -0.3 is 4.74 Å². The fourth-order valence-corrected chi connectivity index (χ4v) is 4.65. The van der Waals surface area contributed by atoms with Crippen LogP contribution >= 0.6 is 22.7 Å². The fraction of sp³-hybridized carbons (Fsp3) is 0.579. The number of nitrogens with one attached hydrogen (secondary N) is 1. The van der Waals surface area contributed by atoms with E-state index < -0.39 is 0 Å². The predicted octanol–water partition coefficient (Wildman–Crippen LogP) is 4.02. The first-order chi connectivity index (χ1) is 12.4. The van der Waals surface area contributed by atoms with Gasteiger partial charge in [-0.25, -0.2) is 4.98 Å². The lowest BCUT2D eigenvalue weighted by Crippen LogP contribution is -2.36. The molecule has 1 amide bonds. The van der Waals surface area contributed by atoms with Crippen LogP contribution in [0.25, 0.3) is 0 Å². The Morgan fingerprint density at radius 1 is 1.31 bits per heavy atom. The topological polar surface area (TPSA) is 54.5 Å². The number of thiophene rings is 1. The van der Waals surface area contributed by atoms with Gasteiger partial charge in [-0.05, 0) is 31.5 Å². The molecule has 0 spiro atoms. The van der Waals surface area contributed by atoms with E-state index in [-0.39, 0.29) is 11.3 Å². The normalized spacial score (nSPS) is 16.0. The number of carbonyl (C=O) groups excluding carboxylic acids is 1. The predicted molar refractivity (Wildman–Crippen MR) is 109 cm³/mol. The van der Waals surface area contributed by atoms with Crippen LogP contribution < -0.4 is 5.32 Å². The number of thiazole rings is 1. The lowest BCUT2D eigenvalue weighted by atomic mass is 9.93. The molecule has 7 heteroatoms. The Labute approximate surface area is 163 Å². The summed E-state index contributed by atoms with van der Waals surface area (Å²) in [4.78, 5) is 21.4. The molecule has 1 aliphatic rings. The van der Waals surface area contributed by atoms with Gasteiger partial charge in [0.25, 0.3) is 5.91 Å². The van der Waals surface area contributed by atoms with Crippen LogP contribution in [0.3, 0.4) is 0 Å². The molecule has 1 fully saturated rings. The molecule has 0 atom stereocenters. The van der Waals surface area contributed by atoms with Crippen LogP contribution in [-0.4, -0.2) is 48.6 Å². The largest absolute Gasteiger partial charge is 0.379 e. The van der Waals surface area contributed by atoms with Gasteiger partial charge >= 0.3 is 0 Å². The quantitative estimate of drug-likeness (QED) is 0.805. The molecule has 0 saturated carbocycles. The molecule has 1 aliphatic heterocycles. The van der Waals surface area contributed by atoms with Crippen LogP contribution in [0, 0.1) is 0 Å². The van der Waals surface area contributed by atoms with Crippen molar-refractivity contribution in [3.63, 3.8) is 0 Å². The van der Waals surface area contributed by atoms with Crippen LogP contribution in [-0.2, 0) is 16.6 Å². The minimum absolute atomic E-state index is 0.00391. The van der Waals surface area contributed by atoms with Gasteiger partial charge in [0.15, 0.2) is 5.13 Å². The number of anilines is 1. The number of morpholine rings is 1. The first-order valence-corrected chi connectivity index (χ1v) is 10.8. The third-order valence-electron chi connectivity index (χ3n) is 4.38. The van der Waals surface area contributed by atoms with Crippen molar-refractivity contribution in [2.24, 2.45) is 0 Å². The third kappa shape index (κ3) is 5.36. The summed E-state index contributed by atoms with van der Waals surface area (Å²) >= 11 is 3.06. The lowest BCUT2D eigenvalue weighted by molar-refractivity contribution is 0.0375. The number of rotatable bonds is 6. The molecule has 0 radical (unpaired) electrons. The number of carbonyl (C=O) groups is 1. The van der Waals surface area contributed by atoms with Crippen LogP contribution in [0.4, 0.5) is 5.13 Å². The maximum atomic E-state index is 12.5. The Balaban J connectivity index is 1.48. The number of hydrogen-bond donors (Lipinski definition) is 1. The number of amides is 1. The lowest BCUT2D eigenvalue weighted by Gasteiger charge is -2.26. The molecule has 3 heterocycles. The summed E-state index contributed by atoms with van der Waals surface area (Å²) in [6, 6.07) is 3.99. The second-order valence-electron chi connectivity index (χ2n) is 7.57. The highest BCUT2D eigenvalue weighted by Gasteiger charge is 2.19. The molecule has 3 rings (SSSR count). The molecule has 0 bridgehead atoms. The van der Waals surface area contributed by atoms with E-state index in [4.69, 9.17) is 4.74 Å². The Hall–Kier alpha value is -1.28. The number of hydrogen-bond acceptors (Lipinski definition) is 6. The van der Waals surface area contributed by atoms with E-state index in [1.807, 2.05) is 11.4 Å². The van der Waals surface area contributed by atoms with Crippen LogP contribution in [0.2, 0.25) is 0 Å². The maximum absolute atomic E-state index is 12.5. The molecule has 2 aromatic heterocycles. The highest BCUT2D eigenvalue weighted by Crippen LogP contribution is 2.27. The van der Waals surface area contributed by atoms with Crippen molar-refractivity contribution in [3.05, 3.63) is 33.0 Å². The van der Waals surface area contributed by atoms with Gasteiger partial charge in [-0.3, -0.25) is 15.0 Å². The van der Waals surface area contributed by atoms with E-state index in [1.165, 1.54) is 16.2 Å². The second-order valence-corrected chi connectivity index (χ2v) is 9.59. The Bertz CT molecular complexity index is 727. The van der Waals surface area contributed by atoms with Crippen molar-refractivity contribution >= 4 is 33.7 Å². The molecule has 2 aromatic rings. The minimum Gasteiger partial charge on any atom is -0.379 e. The fourth-order valence-electron chi connectivity index (χ4n) is 2.77. The Kier molecular flexibility index (Phi) is 6.45. The van der Waals surface area contributed by atoms with Gasteiger partial charge in [0, 0.05) is 28.8 Å². The highest BCUT2D eigenvalue weighted by molar-refractivity contribution is 7.15. The zero-order chi connectivity index (χ0) is 18.6. The average molecular weight is 394 g/mol. The van der Waals surface area contributed by atoms with Crippen molar-refractivity contribution in [2.75, 3.05) is 38.2 Å². The molecular formula is C19H27N3O2S2. The van der Waals surface area contributed by atoms with Crippen molar-refractivity contribution in [3.8, 4) is 0 Å². The van der Waals surface area contributed by atoms with Crippen molar-refractivity contribution < 1.29 is 9.53 Å². The van der Waals surface area contributed by atoms with E-state index in [9.17, 15) is 4.79 Å². The maximum Gasteiger partial charge on any atom is 0.267 e. The Morgan fingerprint density at radius 3 is 2.77 bits per heavy atom. The zero-order valence-corrected chi connectivity index (χ0v) is 17.3. The second kappa shape index (κ2) is 8.61. The number of nitrogens with zero attached hydrogens (tertiary/aromatic N) is 2. The molecular weight excluding hydrogens is 366 g/mol. The molecule has 1 saturated heterocycles. The number of aromatic nitrogens is 1. The zero-order valence-electron chi connectivity index (χ0n) is 15.7. The molecule has 26 heavy (non-hydrogen) atoms. The van der Waals surface area contributed by atoms with Crippen molar-refractivity contribution in [2.45, 2.75) is 39.0 Å².